The Morgan fingerprint density at radius 3 is 2.67 bits per heavy atom. The molecule has 0 aliphatic carbocycles. The molecule has 1 aromatic heterocycles. The van der Waals surface area contributed by atoms with E-state index >= 15 is 0 Å². The minimum absolute atomic E-state index is 0.0302. The van der Waals surface area contributed by atoms with Gasteiger partial charge in [0.15, 0.2) is 0 Å². The first-order chi connectivity index (χ1) is 7.09. The molecule has 0 radical (unpaired) electrons. The maximum Gasteiger partial charge on any atom is 0.276 e. The number of amides is 1. The second-order valence-electron chi connectivity index (χ2n) is 2.71. The summed E-state index contributed by atoms with van der Waals surface area (Å²) in [7, 11) is 2.23. The van der Waals surface area contributed by atoms with Crippen molar-refractivity contribution in [3.8, 4) is 0 Å². The normalized spacial score (nSPS) is 13.3. The van der Waals surface area contributed by atoms with Crippen molar-refractivity contribution in [3.05, 3.63) is 21.6 Å². The number of hydrogen-bond acceptors (Lipinski definition) is 4. The Hall–Kier alpha value is -1.42. The van der Waals surface area contributed by atoms with Crippen LogP contribution < -0.4 is 11.3 Å². The number of nitrogens with two attached hydrogens (primary N) is 1. The van der Waals surface area contributed by atoms with Crippen LogP contribution in [-0.4, -0.2) is 20.5 Å². The number of carbonyl (C=O) groups is 1. The van der Waals surface area contributed by atoms with Crippen LogP contribution in [0.2, 0.25) is 0 Å². The molecule has 2 rings (SSSR count). The van der Waals surface area contributed by atoms with E-state index in [9.17, 15) is 9.59 Å². The number of rotatable bonds is 0. The van der Waals surface area contributed by atoms with Gasteiger partial charge < -0.3 is 10.4 Å². The molecule has 2 heterocycles. The highest BCUT2D eigenvalue weighted by Gasteiger charge is 2.29. The van der Waals surface area contributed by atoms with Gasteiger partial charge in [0.2, 0.25) is 5.95 Å². The van der Waals surface area contributed by atoms with Crippen molar-refractivity contribution in [1.82, 2.24) is 14.6 Å². The summed E-state index contributed by atoms with van der Waals surface area (Å²) in [6.07, 6.45) is 0. The van der Waals surface area contributed by atoms with Gasteiger partial charge in [-0.05, 0) is 9.39 Å². The van der Waals surface area contributed by atoms with E-state index in [0.29, 0.717) is 5.56 Å². The molecule has 1 aliphatic heterocycles. The maximum atomic E-state index is 11.3. The molecule has 1 amide bonds. The first-order valence-electron chi connectivity index (χ1n) is 4.55. The molecule has 0 saturated heterocycles. The lowest BCUT2D eigenvalue weighted by Gasteiger charge is -2.03. The lowest BCUT2D eigenvalue weighted by Crippen LogP contribution is -2.17. The predicted molar refractivity (Wildman–Crippen MR) is 60.2 cm³/mol. The summed E-state index contributed by atoms with van der Waals surface area (Å²) in [6, 6.07) is 0. The van der Waals surface area contributed by atoms with Crippen LogP contribution >= 0.6 is 9.39 Å². The van der Waals surface area contributed by atoms with Gasteiger partial charge in [0.05, 0.1) is 12.1 Å². The molecule has 1 unspecified atom stereocenters. The number of nitrogens with zero attached hydrogens (tertiary/aromatic N) is 2. The summed E-state index contributed by atoms with van der Waals surface area (Å²) in [5, 5.41) is 0. The quantitative estimate of drug-likeness (QED) is 0.617. The molecule has 0 bridgehead atoms. The lowest BCUT2D eigenvalue weighted by molar-refractivity contribution is 0.0884. The lowest BCUT2D eigenvalue weighted by atomic mass is 10.3. The molecular formula is C8H13N4O2P. The Kier molecular flexibility index (Phi) is 3.42. The molecule has 0 aromatic carbocycles. The van der Waals surface area contributed by atoms with Crippen LogP contribution in [0.25, 0.3) is 0 Å². The number of nitrogen functional groups attached to an aromatic ring is 1. The number of nitrogens with one attached hydrogen (secondary N) is 1. The molecule has 6 nitrogen and oxygen atoms in total. The van der Waals surface area contributed by atoms with Crippen LogP contribution in [0, 0.1) is 0 Å². The smallest absolute Gasteiger partial charge is 0.276 e. The zero-order chi connectivity index (χ0) is 11.6. The van der Waals surface area contributed by atoms with Gasteiger partial charge >= 0.3 is 0 Å². The van der Waals surface area contributed by atoms with E-state index in [0.717, 1.165) is 0 Å². The highest BCUT2D eigenvalue weighted by molar-refractivity contribution is 7.14. The van der Waals surface area contributed by atoms with Crippen LogP contribution in [0.3, 0.4) is 0 Å². The fourth-order valence-corrected chi connectivity index (χ4v) is 1.52. The molecule has 1 aliphatic rings. The van der Waals surface area contributed by atoms with E-state index in [2.05, 4.69) is 19.4 Å². The fourth-order valence-electron chi connectivity index (χ4n) is 1.22. The Morgan fingerprint density at radius 1 is 1.47 bits per heavy atom. The number of carbonyl (C=O) groups excluding carboxylic acids is 1. The van der Waals surface area contributed by atoms with Gasteiger partial charge in [0.25, 0.3) is 11.5 Å². The SMILES string of the molecule is CC.Nc1nc2c(c(=O)[nH]1)CN(P)C2=O. The highest BCUT2D eigenvalue weighted by atomic mass is 31.0. The standard InChI is InChI=1S/C6H7N4O2P.C2H6/c7-6-8-3-2(4(11)9-6)1-10(13)5(3)12;1-2/h1,13H2,(H3,7,8,9,11);1-2H3. The summed E-state index contributed by atoms with van der Waals surface area (Å²) in [5.74, 6) is -0.324. The number of fused-ring (bicyclic) bond motifs is 1. The number of hydrogen-bond donors (Lipinski definition) is 2. The summed E-state index contributed by atoms with van der Waals surface area (Å²) < 4.78 is 1.34. The van der Waals surface area contributed by atoms with Crippen molar-refractivity contribution in [3.63, 3.8) is 0 Å². The number of H-pyrrole nitrogens is 1. The molecule has 7 heteroatoms. The molecule has 82 valence electrons. The average molecular weight is 228 g/mol. The van der Waals surface area contributed by atoms with Gasteiger partial charge in [-0.3, -0.25) is 14.6 Å². The van der Waals surface area contributed by atoms with Gasteiger partial charge in [-0.25, -0.2) is 4.98 Å². The zero-order valence-electron chi connectivity index (χ0n) is 8.57. The molecule has 1 atom stereocenters. The first kappa shape index (κ1) is 11.7. The van der Waals surface area contributed by atoms with Crippen LogP contribution in [-0.2, 0) is 6.54 Å². The topological polar surface area (TPSA) is 92.1 Å². The van der Waals surface area contributed by atoms with Gasteiger partial charge in [-0.15, -0.1) is 0 Å². The second kappa shape index (κ2) is 4.40. The largest absolute Gasteiger partial charge is 0.369 e. The molecule has 0 fully saturated rings. The molecule has 15 heavy (non-hydrogen) atoms. The van der Waals surface area contributed by atoms with E-state index in [4.69, 9.17) is 5.73 Å². The summed E-state index contributed by atoms with van der Waals surface area (Å²) in [4.78, 5) is 28.7. The Bertz CT molecular complexity index is 443. The minimum atomic E-state index is -0.346. The minimum Gasteiger partial charge on any atom is -0.369 e. The van der Waals surface area contributed by atoms with Crippen molar-refractivity contribution < 1.29 is 4.79 Å². The van der Waals surface area contributed by atoms with Crippen LogP contribution in [0.4, 0.5) is 5.95 Å². The monoisotopic (exact) mass is 228 g/mol. The van der Waals surface area contributed by atoms with Crippen LogP contribution in [0.15, 0.2) is 4.79 Å². The van der Waals surface area contributed by atoms with Crippen molar-refractivity contribution in [2.75, 3.05) is 5.73 Å². The van der Waals surface area contributed by atoms with E-state index in [-0.39, 0.29) is 29.7 Å². The van der Waals surface area contributed by atoms with Crippen molar-refractivity contribution in [2.24, 2.45) is 0 Å². The Morgan fingerprint density at radius 2 is 2.07 bits per heavy atom. The van der Waals surface area contributed by atoms with Crippen LogP contribution in [0.5, 0.6) is 0 Å². The van der Waals surface area contributed by atoms with E-state index in [1.165, 1.54) is 4.67 Å². The van der Waals surface area contributed by atoms with Gasteiger partial charge in [-0.1, -0.05) is 13.8 Å². The number of aromatic nitrogens is 2. The molecular weight excluding hydrogens is 215 g/mol. The number of anilines is 1. The van der Waals surface area contributed by atoms with Gasteiger partial charge in [-0.2, -0.15) is 0 Å². The third kappa shape index (κ3) is 1.99. The molecule has 0 saturated carbocycles. The Labute approximate surface area is 89.1 Å². The average Bonchev–Trinajstić information content (AvgIpc) is 2.49. The molecule has 3 N–H and O–H groups in total. The zero-order valence-corrected chi connectivity index (χ0v) is 9.73. The van der Waals surface area contributed by atoms with Crippen LogP contribution in [0.1, 0.15) is 29.9 Å². The summed E-state index contributed by atoms with van der Waals surface area (Å²) >= 11 is 0. The molecule has 0 spiro atoms. The van der Waals surface area contributed by atoms with E-state index in [1.54, 1.807) is 0 Å². The predicted octanol–water partition coefficient (Wildman–Crippen LogP) is 0.124. The number of aromatic amines is 1. The van der Waals surface area contributed by atoms with Crippen molar-refractivity contribution >= 4 is 21.2 Å². The Balaban J connectivity index is 0.000000531. The van der Waals surface area contributed by atoms with Gasteiger partial charge in [0.1, 0.15) is 5.69 Å². The fraction of sp³-hybridized carbons (Fsp3) is 0.375. The van der Waals surface area contributed by atoms with Crippen molar-refractivity contribution in [1.29, 1.82) is 0 Å². The third-order valence-corrected chi connectivity index (χ3v) is 2.24. The molecule has 1 aromatic rings. The van der Waals surface area contributed by atoms with Gasteiger partial charge in [0, 0.05) is 0 Å². The maximum absolute atomic E-state index is 11.3. The van der Waals surface area contributed by atoms with E-state index < -0.39 is 0 Å². The van der Waals surface area contributed by atoms with Crippen molar-refractivity contribution in [2.45, 2.75) is 20.4 Å². The second-order valence-corrected chi connectivity index (χ2v) is 3.33. The summed E-state index contributed by atoms with van der Waals surface area (Å²) in [6.45, 7) is 4.27. The van der Waals surface area contributed by atoms with E-state index in [1.807, 2.05) is 13.8 Å². The first-order valence-corrected chi connectivity index (χ1v) is 5.06. The highest BCUT2D eigenvalue weighted by Crippen LogP contribution is 2.20. The third-order valence-electron chi connectivity index (χ3n) is 1.83. The summed E-state index contributed by atoms with van der Waals surface area (Å²) in [5.41, 5.74) is 5.47.